The fourth-order valence-corrected chi connectivity index (χ4v) is 2.90. The van der Waals surface area contributed by atoms with Crippen LogP contribution in [0, 0.1) is 5.92 Å². The largest absolute Gasteiger partial charge is 0.444 e. The lowest BCUT2D eigenvalue weighted by atomic mass is 9.89. The van der Waals surface area contributed by atoms with Crippen LogP contribution in [0.1, 0.15) is 32.3 Å². The van der Waals surface area contributed by atoms with E-state index in [1.165, 1.54) is 0 Å². The van der Waals surface area contributed by atoms with Gasteiger partial charge in [0.25, 0.3) is 0 Å². The van der Waals surface area contributed by atoms with Crippen LogP contribution in [-0.2, 0) is 4.74 Å². The maximum absolute atomic E-state index is 12.2. The first kappa shape index (κ1) is 16.1. The van der Waals surface area contributed by atoms with Crippen molar-refractivity contribution < 1.29 is 9.53 Å². The highest BCUT2D eigenvalue weighted by atomic mass is 35.5. The van der Waals surface area contributed by atoms with Crippen molar-refractivity contribution in [3.8, 4) is 0 Å². The molecule has 1 amide bonds. The van der Waals surface area contributed by atoms with Gasteiger partial charge in [-0.05, 0) is 50.9 Å². The van der Waals surface area contributed by atoms with E-state index >= 15 is 0 Å². The summed E-state index contributed by atoms with van der Waals surface area (Å²) in [6.07, 6.45) is -0.273. The van der Waals surface area contributed by atoms with Crippen LogP contribution >= 0.6 is 11.6 Å². The van der Waals surface area contributed by atoms with Crippen molar-refractivity contribution in [2.45, 2.75) is 32.3 Å². The van der Waals surface area contributed by atoms with E-state index in [-0.39, 0.29) is 17.9 Å². The van der Waals surface area contributed by atoms with Crippen LogP contribution < -0.4 is 5.73 Å². The Hall–Kier alpha value is -1.26. The average Bonchev–Trinajstić information content (AvgIpc) is 2.81. The van der Waals surface area contributed by atoms with Crippen LogP contribution in [0.4, 0.5) is 4.79 Å². The second-order valence-electron chi connectivity index (χ2n) is 6.54. The van der Waals surface area contributed by atoms with Gasteiger partial charge in [0.2, 0.25) is 0 Å². The molecule has 0 spiro atoms. The highest BCUT2D eigenvalue weighted by Crippen LogP contribution is 2.33. The molecule has 1 aliphatic rings. The van der Waals surface area contributed by atoms with Crippen molar-refractivity contribution >= 4 is 17.7 Å². The molecule has 1 heterocycles. The molecule has 5 heteroatoms. The second kappa shape index (κ2) is 6.24. The van der Waals surface area contributed by atoms with Crippen LogP contribution in [0.3, 0.4) is 0 Å². The molecule has 2 atom stereocenters. The summed E-state index contributed by atoms with van der Waals surface area (Å²) in [5.41, 5.74) is 6.52. The van der Waals surface area contributed by atoms with Gasteiger partial charge in [-0.15, -0.1) is 0 Å². The minimum absolute atomic E-state index is 0.209. The Bertz CT molecular complexity index is 513. The highest BCUT2D eigenvalue weighted by molar-refractivity contribution is 6.30. The number of nitrogens with zero attached hydrogens (tertiary/aromatic N) is 1. The quantitative estimate of drug-likeness (QED) is 0.912. The van der Waals surface area contributed by atoms with Gasteiger partial charge in [-0.2, -0.15) is 0 Å². The van der Waals surface area contributed by atoms with Gasteiger partial charge >= 0.3 is 6.09 Å². The summed E-state index contributed by atoms with van der Waals surface area (Å²) in [5.74, 6) is 0.442. The third-order valence-electron chi connectivity index (χ3n) is 3.67. The van der Waals surface area contributed by atoms with E-state index in [1.807, 2.05) is 45.0 Å². The Morgan fingerprint density at radius 1 is 1.43 bits per heavy atom. The Morgan fingerprint density at radius 3 is 2.71 bits per heavy atom. The summed E-state index contributed by atoms with van der Waals surface area (Å²) < 4.78 is 5.44. The van der Waals surface area contributed by atoms with E-state index in [2.05, 4.69) is 0 Å². The Kier molecular flexibility index (Phi) is 4.79. The van der Waals surface area contributed by atoms with Crippen LogP contribution in [0.5, 0.6) is 0 Å². The van der Waals surface area contributed by atoms with E-state index in [0.29, 0.717) is 24.7 Å². The molecule has 0 bridgehead atoms. The van der Waals surface area contributed by atoms with Gasteiger partial charge in [0.15, 0.2) is 0 Å². The lowest BCUT2D eigenvalue weighted by molar-refractivity contribution is 0.0287. The molecule has 116 valence electrons. The molecule has 1 aromatic rings. The van der Waals surface area contributed by atoms with Crippen LogP contribution in [0.25, 0.3) is 0 Å². The third kappa shape index (κ3) is 4.11. The molecule has 21 heavy (non-hydrogen) atoms. The number of ether oxygens (including phenoxy) is 1. The average molecular weight is 311 g/mol. The minimum atomic E-state index is -0.483. The van der Waals surface area contributed by atoms with Crippen molar-refractivity contribution in [1.29, 1.82) is 0 Å². The van der Waals surface area contributed by atoms with E-state index in [1.54, 1.807) is 4.90 Å². The summed E-state index contributed by atoms with van der Waals surface area (Å²) >= 11 is 6.06. The number of benzene rings is 1. The predicted molar refractivity (Wildman–Crippen MR) is 84.5 cm³/mol. The maximum Gasteiger partial charge on any atom is 0.410 e. The highest BCUT2D eigenvalue weighted by Gasteiger charge is 2.37. The monoisotopic (exact) mass is 310 g/mol. The van der Waals surface area contributed by atoms with Gasteiger partial charge in [0, 0.05) is 24.0 Å². The molecule has 1 aliphatic heterocycles. The standard InChI is InChI=1S/C16H23ClN2O2/c1-16(2,3)21-15(20)19-9-12(8-18)14(10-19)11-5-4-6-13(17)7-11/h4-7,12,14H,8-10,18H2,1-3H3/t12-,14+/m0/s1. The van der Waals surface area contributed by atoms with E-state index in [4.69, 9.17) is 22.1 Å². The molecular formula is C16H23ClN2O2. The fourth-order valence-electron chi connectivity index (χ4n) is 2.70. The normalized spacial score (nSPS) is 22.4. The molecule has 0 unspecified atom stereocenters. The van der Waals surface area contributed by atoms with E-state index in [0.717, 1.165) is 5.56 Å². The lowest BCUT2D eigenvalue weighted by Gasteiger charge is -2.24. The number of carbonyl (C=O) groups is 1. The number of amides is 1. The van der Waals surface area contributed by atoms with Gasteiger partial charge in [-0.3, -0.25) is 0 Å². The molecule has 0 aliphatic carbocycles. The zero-order chi connectivity index (χ0) is 15.6. The van der Waals surface area contributed by atoms with Crippen LogP contribution in [0.15, 0.2) is 24.3 Å². The number of likely N-dealkylation sites (tertiary alicyclic amines) is 1. The molecule has 4 nitrogen and oxygen atoms in total. The Morgan fingerprint density at radius 2 is 2.14 bits per heavy atom. The second-order valence-corrected chi connectivity index (χ2v) is 6.98. The third-order valence-corrected chi connectivity index (χ3v) is 3.91. The number of hydrogen-bond acceptors (Lipinski definition) is 3. The summed E-state index contributed by atoms with van der Waals surface area (Å²) in [6.45, 7) is 7.40. The Labute approximate surface area is 131 Å². The smallest absolute Gasteiger partial charge is 0.410 e. The number of nitrogens with two attached hydrogens (primary N) is 1. The van der Waals surface area contributed by atoms with Gasteiger partial charge in [0.1, 0.15) is 5.60 Å². The predicted octanol–water partition coefficient (Wildman–Crippen LogP) is 3.25. The summed E-state index contributed by atoms with van der Waals surface area (Å²) in [6, 6.07) is 7.77. The number of halogens is 1. The number of hydrogen-bond donors (Lipinski definition) is 1. The van der Waals surface area contributed by atoms with E-state index in [9.17, 15) is 4.79 Å². The van der Waals surface area contributed by atoms with Crippen molar-refractivity contribution in [3.05, 3.63) is 34.9 Å². The zero-order valence-electron chi connectivity index (χ0n) is 12.8. The lowest BCUT2D eigenvalue weighted by Crippen LogP contribution is -2.35. The molecule has 1 saturated heterocycles. The number of rotatable bonds is 2. The molecule has 0 radical (unpaired) electrons. The topological polar surface area (TPSA) is 55.6 Å². The van der Waals surface area contributed by atoms with Gasteiger partial charge in [-0.25, -0.2) is 4.79 Å². The van der Waals surface area contributed by atoms with Crippen molar-refractivity contribution in [3.63, 3.8) is 0 Å². The molecule has 0 aromatic heterocycles. The van der Waals surface area contributed by atoms with Gasteiger partial charge in [-0.1, -0.05) is 23.7 Å². The summed E-state index contributed by atoms with van der Waals surface area (Å²) in [7, 11) is 0. The fraction of sp³-hybridized carbons (Fsp3) is 0.562. The number of carbonyl (C=O) groups excluding carboxylic acids is 1. The SMILES string of the molecule is CC(C)(C)OC(=O)N1C[C@H](CN)[C@@H](c2cccc(Cl)c2)C1. The maximum atomic E-state index is 12.2. The molecular weight excluding hydrogens is 288 g/mol. The molecule has 1 fully saturated rings. The zero-order valence-corrected chi connectivity index (χ0v) is 13.6. The van der Waals surface area contributed by atoms with Crippen LogP contribution in [-0.4, -0.2) is 36.2 Å². The van der Waals surface area contributed by atoms with Crippen molar-refractivity contribution in [1.82, 2.24) is 4.90 Å². The molecule has 2 rings (SSSR count). The first-order valence-electron chi connectivity index (χ1n) is 7.23. The Balaban J connectivity index is 2.12. The summed E-state index contributed by atoms with van der Waals surface area (Å²) in [4.78, 5) is 13.9. The molecule has 2 N–H and O–H groups in total. The van der Waals surface area contributed by atoms with Gasteiger partial charge < -0.3 is 15.4 Å². The first-order chi connectivity index (χ1) is 9.80. The molecule has 0 saturated carbocycles. The van der Waals surface area contributed by atoms with Crippen molar-refractivity contribution in [2.24, 2.45) is 11.7 Å². The molecule has 1 aromatic carbocycles. The van der Waals surface area contributed by atoms with Crippen molar-refractivity contribution in [2.75, 3.05) is 19.6 Å². The minimum Gasteiger partial charge on any atom is -0.444 e. The van der Waals surface area contributed by atoms with E-state index < -0.39 is 5.60 Å². The van der Waals surface area contributed by atoms with Gasteiger partial charge in [0.05, 0.1) is 0 Å². The van der Waals surface area contributed by atoms with Crippen LogP contribution in [0.2, 0.25) is 5.02 Å². The first-order valence-corrected chi connectivity index (χ1v) is 7.61. The summed E-state index contributed by atoms with van der Waals surface area (Å²) in [5, 5.41) is 0.707.